The molecule has 1 aliphatic heterocycles. The Morgan fingerprint density at radius 2 is 2.00 bits per heavy atom. The molecule has 2 aromatic rings. The van der Waals surface area contributed by atoms with E-state index in [2.05, 4.69) is 20.8 Å². The van der Waals surface area contributed by atoms with Gasteiger partial charge in [-0.3, -0.25) is 0 Å². The summed E-state index contributed by atoms with van der Waals surface area (Å²) in [5.41, 5.74) is 2.87. The van der Waals surface area contributed by atoms with Crippen molar-refractivity contribution in [1.29, 1.82) is 0 Å². The van der Waals surface area contributed by atoms with Gasteiger partial charge in [0.25, 0.3) is 0 Å². The largest absolute Gasteiger partial charge is 0.486 e. The van der Waals surface area contributed by atoms with Crippen molar-refractivity contribution in [1.82, 2.24) is 15.8 Å². The maximum Gasteiger partial charge on any atom is 0.191 e. The quantitative estimate of drug-likeness (QED) is 0.367. The summed E-state index contributed by atoms with van der Waals surface area (Å²) in [6, 6.07) is 3.78. The zero-order valence-electron chi connectivity index (χ0n) is 15.6. The van der Waals surface area contributed by atoms with Crippen LogP contribution in [0.5, 0.6) is 11.5 Å². The van der Waals surface area contributed by atoms with Gasteiger partial charge in [-0.1, -0.05) is 16.8 Å². The van der Waals surface area contributed by atoms with Crippen molar-refractivity contribution in [3.63, 3.8) is 0 Å². The summed E-state index contributed by atoms with van der Waals surface area (Å²) in [5.74, 6) is 2.79. The summed E-state index contributed by atoms with van der Waals surface area (Å²) in [6.45, 7) is 8.71. The van der Waals surface area contributed by atoms with Gasteiger partial charge < -0.3 is 24.6 Å². The molecule has 3 rings (SSSR count). The number of guanidine groups is 1. The highest BCUT2D eigenvalue weighted by Gasteiger charge is 2.16. The summed E-state index contributed by atoms with van der Waals surface area (Å²) in [6.07, 6.45) is 0. The fraction of sp³-hybridized carbons (Fsp3) is 0.444. The lowest BCUT2D eigenvalue weighted by molar-refractivity contribution is 0.171. The number of fused-ring (bicyclic) bond motifs is 1. The van der Waals surface area contributed by atoms with Crippen molar-refractivity contribution in [3.05, 3.63) is 39.7 Å². The molecule has 27 heavy (non-hydrogen) atoms. The molecule has 0 aliphatic carbocycles. The van der Waals surface area contributed by atoms with E-state index in [0.717, 1.165) is 29.1 Å². The number of aromatic nitrogens is 1. The van der Waals surface area contributed by atoms with E-state index in [1.807, 2.05) is 32.9 Å². The van der Waals surface area contributed by atoms with E-state index in [4.69, 9.17) is 25.6 Å². The third kappa shape index (κ3) is 5.41. The van der Waals surface area contributed by atoms with Gasteiger partial charge in [-0.05, 0) is 38.5 Å². The Morgan fingerprint density at radius 1 is 1.22 bits per heavy atom. The van der Waals surface area contributed by atoms with Crippen LogP contribution in [0.1, 0.15) is 29.5 Å². The average molecular weight is 507 g/mol. The van der Waals surface area contributed by atoms with E-state index < -0.39 is 0 Å². The Labute approximate surface area is 180 Å². The first-order valence-corrected chi connectivity index (χ1v) is 8.98. The predicted octanol–water partition coefficient (Wildman–Crippen LogP) is 3.59. The van der Waals surface area contributed by atoms with E-state index >= 15 is 0 Å². The van der Waals surface area contributed by atoms with E-state index in [1.54, 1.807) is 0 Å². The van der Waals surface area contributed by atoms with E-state index in [9.17, 15) is 0 Å². The first-order valence-electron chi connectivity index (χ1n) is 8.60. The van der Waals surface area contributed by atoms with Gasteiger partial charge in [0, 0.05) is 18.7 Å². The van der Waals surface area contributed by atoms with Crippen molar-refractivity contribution in [2.45, 2.75) is 33.9 Å². The van der Waals surface area contributed by atoms with Crippen molar-refractivity contribution in [3.8, 4) is 11.5 Å². The maximum atomic E-state index is 6.29. The van der Waals surface area contributed by atoms with Crippen LogP contribution in [0.2, 0.25) is 5.02 Å². The minimum Gasteiger partial charge on any atom is -0.486 e. The molecule has 9 heteroatoms. The molecule has 0 fully saturated rings. The van der Waals surface area contributed by atoms with E-state index in [1.165, 1.54) is 0 Å². The number of hydrogen-bond donors (Lipinski definition) is 2. The molecule has 0 bridgehead atoms. The van der Waals surface area contributed by atoms with Gasteiger partial charge in [-0.2, -0.15) is 0 Å². The molecule has 1 aliphatic rings. The van der Waals surface area contributed by atoms with Crippen molar-refractivity contribution in [2.75, 3.05) is 19.8 Å². The summed E-state index contributed by atoms with van der Waals surface area (Å²) >= 11 is 6.29. The standard InChI is InChI=1S/C18H23ClN4O3.HI/c1-4-20-18(22-10-14-11(2)23-26-12(14)3)21-9-13-7-15(19)17-16(8-13)24-5-6-25-17;/h7-8H,4-6,9-10H2,1-3H3,(H2,20,21,22);1H. The van der Waals surface area contributed by atoms with Crippen LogP contribution in [0.15, 0.2) is 21.6 Å². The number of ether oxygens (including phenoxy) is 2. The molecular formula is C18H24ClIN4O3. The molecule has 1 aromatic heterocycles. The Bertz CT molecular complexity index is 791. The monoisotopic (exact) mass is 506 g/mol. The molecule has 2 N–H and O–H groups in total. The summed E-state index contributed by atoms with van der Waals surface area (Å²) in [5, 5.41) is 11.0. The van der Waals surface area contributed by atoms with Gasteiger partial charge in [0.15, 0.2) is 17.5 Å². The first-order chi connectivity index (χ1) is 12.6. The minimum atomic E-state index is 0. The van der Waals surface area contributed by atoms with Crippen molar-refractivity contribution < 1.29 is 14.0 Å². The number of aryl methyl sites for hydroxylation is 2. The molecule has 1 aromatic carbocycles. The molecule has 0 saturated carbocycles. The van der Waals surface area contributed by atoms with Gasteiger partial charge in [-0.25, -0.2) is 4.99 Å². The van der Waals surface area contributed by atoms with Crippen LogP contribution in [-0.4, -0.2) is 30.9 Å². The van der Waals surface area contributed by atoms with Crippen LogP contribution in [-0.2, 0) is 13.1 Å². The number of benzene rings is 1. The molecule has 0 spiro atoms. The third-order valence-electron chi connectivity index (χ3n) is 4.03. The Kier molecular flexibility index (Phi) is 8.03. The van der Waals surface area contributed by atoms with Crippen LogP contribution in [0.4, 0.5) is 0 Å². The predicted molar refractivity (Wildman–Crippen MR) is 115 cm³/mol. The van der Waals surface area contributed by atoms with Gasteiger partial charge in [0.2, 0.25) is 0 Å². The SMILES string of the molecule is CCNC(=NCc1cc(Cl)c2c(c1)OCCO2)NCc1c(C)noc1C.I. The zero-order chi connectivity index (χ0) is 18.5. The topological polar surface area (TPSA) is 80.9 Å². The number of nitrogens with zero attached hydrogens (tertiary/aromatic N) is 2. The lowest BCUT2D eigenvalue weighted by Gasteiger charge is -2.20. The fourth-order valence-electron chi connectivity index (χ4n) is 2.69. The van der Waals surface area contributed by atoms with Gasteiger partial charge in [0.05, 0.1) is 17.3 Å². The molecular weight excluding hydrogens is 483 g/mol. The summed E-state index contributed by atoms with van der Waals surface area (Å²) in [4.78, 5) is 4.62. The highest BCUT2D eigenvalue weighted by Crippen LogP contribution is 2.38. The Hall–Kier alpha value is -1.68. The lowest BCUT2D eigenvalue weighted by Crippen LogP contribution is -2.37. The van der Waals surface area contributed by atoms with Gasteiger partial charge in [0.1, 0.15) is 19.0 Å². The average Bonchev–Trinajstić information content (AvgIpc) is 2.95. The van der Waals surface area contributed by atoms with Crippen LogP contribution >= 0.6 is 35.6 Å². The number of aliphatic imine (C=N–C) groups is 1. The highest BCUT2D eigenvalue weighted by atomic mass is 127. The highest BCUT2D eigenvalue weighted by molar-refractivity contribution is 14.0. The second-order valence-corrected chi connectivity index (χ2v) is 6.36. The van der Waals surface area contributed by atoms with Crippen LogP contribution in [0, 0.1) is 13.8 Å². The molecule has 2 heterocycles. The normalized spacial score (nSPS) is 13.1. The molecule has 0 unspecified atom stereocenters. The number of rotatable bonds is 5. The van der Waals surface area contributed by atoms with Crippen molar-refractivity contribution in [2.24, 2.45) is 4.99 Å². The van der Waals surface area contributed by atoms with Gasteiger partial charge >= 0.3 is 0 Å². The smallest absolute Gasteiger partial charge is 0.191 e. The molecule has 0 radical (unpaired) electrons. The van der Waals surface area contributed by atoms with Crippen LogP contribution in [0.3, 0.4) is 0 Å². The fourth-order valence-corrected chi connectivity index (χ4v) is 2.98. The number of halogens is 2. The second kappa shape index (κ2) is 10.0. The molecule has 0 atom stereocenters. The number of hydrogen-bond acceptors (Lipinski definition) is 5. The van der Waals surface area contributed by atoms with Crippen molar-refractivity contribution >= 4 is 41.5 Å². The molecule has 7 nitrogen and oxygen atoms in total. The van der Waals surface area contributed by atoms with Crippen LogP contribution < -0.4 is 20.1 Å². The van der Waals surface area contributed by atoms with Crippen LogP contribution in [0.25, 0.3) is 0 Å². The Morgan fingerprint density at radius 3 is 2.70 bits per heavy atom. The summed E-state index contributed by atoms with van der Waals surface area (Å²) in [7, 11) is 0. The molecule has 148 valence electrons. The van der Waals surface area contributed by atoms with E-state index in [0.29, 0.717) is 48.8 Å². The third-order valence-corrected chi connectivity index (χ3v) is 4.32. The Balaban J connectivity index is 0.00000261. The zero-order valence-corrected chi connectivity index (χ0v) is 18.7. The molecule has 0 amide bonds. The second-order valence-electron chi connectivity index (χ2n) is 5.95. The summed E-state index contributed by atoms with van der Waals surface area (Å²) < 4.78 is 16.4. The minimum absolute atomic E-state index is 0. The van der Waals surface area contributed by atoms with E-state index in [-0.39, 0.29) is 24.0 Å². The van der Waals surface area contributed by atoms with Gasteiger partial charge in [-0.15, -0.1) is 24.0 Å². The number of nitrogens with one attached hydrogen (secondary N) is 2. The molecule has 0 saturated heterocycles. The lowest BCUT2D eigenvalue weighted by atomic mass is 10.2. The first kappa shape index (κ1) is 21.6. The maximum absolute atomic E-state index is 6.29.